The van der Waals surface area contributed by atoms with Crippen molar-refractivity contribution in [1.82, 2.24) is 4.57 Å². The summed E-state index contributed by atoms with van der Waals surface area (Å²) in [6, 6.07) is 16.6. The largest absolute Gasteiger partial charge is 0.493 e. The Balaban J connectivity index is 1.76. The van der Waals surface area contributed by atoms with Gasteiger partial charge in [0, 0.05) is 5.56 Å². The van der Waals surface area contributed by atoms with Gasteiger partial charge in [-0.15, -0.1) is 0 Å². The lowest BCUT2D eigenvalue weighted by atomic mass is 9.95. The second-order valence-electron chi connectivity index (χ2n) is 10.0. The van der Waals surface area contributed by atoms with Crippen LogP contribution in [0.4, 0.5) is 0 Å². The molecule has 0 radical (unpaired) electrons. The van der Waals surface area contributed by atoms with Crippen molar-refractivity contribution >= 4 is 34.2 Å². The number of hydrogen-bond donors (Lipinski definition) is 0. The van der Waals surface area contributed by atoms with Crippen LogP contribution < -0.4 is 29.1 Å². The van der Waals surface area contributed by atoms with Crippen LogP contribution in [0.5, 0.6) is 17.2 Å². The Kier molecular flexibility index (Phi) is 8.49. The van der Waals surface area contributed by atoms with Gasteiger partial charge in [-0.1, -0.05) is 47.7 Å². The van der Waals surface area contributed by atoms with Gasteiger partial charge in [-0.3, -0.25) is 9.36 Å². The fraction of sp³-hybridized carbons (Fsp3) is 0.303. The molecule has 9 heteroatoms. The van der Waals surface area contributed by atoms with E-state index in [-0.39, 0.29) is 18.3 Å². The second kappa shape index (κ2) is 12.2. The normalized spacial score (nSPS) is 15.0. The quantitative estimate of drug-likeness (QED) is 0.252. The van der Waals surface area contributed by atoms with Gasteiger partial charge in [-0.2, -0.15) is 0 Å². The molecule has 0 N–H and O–H groups in total. The molecule has 1 atom stereocenters. The number of benzene rings is 3. The van der Waals surface area contributed by atoms with Crippen molar-refractivity contribution in [2.24, 2.45) is 4.99 Å². The topological polar surface area (TPSA) is 88.4 Å². The van der Waals surface area contributed by atoms with Crippen LogP contribution in [0.1, 0.15) is 51.8 Å². The van der Waals surface area contributed by atoms with Crippen LogP contribution in [0.2, 0.25) is 0 Å². The van der Waals surface area contributed by atoms with Crippen molar-refractivity contribution in [2.45, 2.75) is 46.8 Å². The summed E-state index contributed by atoms with van der Waals surface area (Å²) in [7, 11) is 1.56. The number of carbonyl (C=O) groups excluding carboxylic acids is 1. The number of esters is 1. The number of hydrogen-bond acceptors (Lipinski definition) is 8. The average molecular weight is 587 g/mol. The number of rotatable bonds is 9. The molecule has 8 nitrogen and oxygen atoms in total. The fourth-order valence-electron chi connectivity index (χ4n) is 5.15. The third kappa shape index (κ3) is 5.44. The number of ether oxygens (including phenoxy) is 4. The number of fused-ring (bicyclic) bond motifs is 2. The van der Waals surface area contributed by atoms with E-state index >= 15 is 0 Å². The minimum absolute atomic E-state index is 0.0599. The zero-order valence-corrected chi connectivity index (χ0v) is 25.4. The van der Waals surface area contributed by atoms with E-state index in [1.54, 1.807) is 37.7 Å². The van der Waals surface area contributed by atoms with Crippen LogP contribution in [0.25, 0.3) is 16.8 Å². The first-order valence-corrected chi connectivity index (χ1v) is 14.8. The Morgan fingerprint density at radius 1 is 1.05 bits per heavy atom. The molecule has 0 fully saturated rings. The van der Waals surface area contributed by atoms with Crippen molar-refractivity contribution in [3.8, 4) is 17.2 Å². The lowest BCUT2D eigenvalue weighted by Gasteiger charge is -2.25. The number of allylic oxidation sites excluding steroid dienone is 1. The number of carbonyl (C=O) groups is 1. The first-order chi connectivity index (χ1) is 20.3. The molecule has 218 valence electrons. The van der Waals surface area contributed by atoms with E-state index in [2.05, 4.69) is 0 Å². The van der Waals surface area contributed by atoms with Crippen molar-refractivity contribution in [3.63, 3.8) is 0 Å². The summed E-state index contributed by atoms with van der Waals surface area (Å²) in [4.78, 5) is 32.7. The van der Waals surface area contributed by atoms with Crippen molar-refractivity contribution in [3.05, 3.63) is 96.7 Å². The summed E-state index contributed by atoms with van der Waals surface area (Å²) in [5.41, 5.74) is 2.02. The molecule has 1 aliphatic rings. The van der Waals surface area contributed by atoms with Crippen LogP contribution in [0, 0.1) is 0 Å². The van der Waals surface area contributed by atoms with Gasteiger partial charge in [0.2, 0.25) is 0 Å². The summed E-state index contributed by atoms with van der Waals surface area (Å²) in [6.45, 7) is 9.99. The SMILES string of the molecule is CCOC(=O)C1=C(C)N=c2s/c(=C\c3c(OCC)ccc4ccccc34)c(=O)n2[C@H]1c1ccc(OC(C)C)c(OC)c1. The van der Waals surface area contributed by atoms with Gasteiger partial charge < -0.3 is 18.9 Å². The van der Waals surface area contributed by atoms with Gasteiger partial charge in [-0.25, -0.2) is 9.79 Å². The average Bonchev–Trinajstić information content (AvgIpc) is 3.27. The third-order valence-corrected chi connectivity index (χ3v) is 7.87. The summed E-state index contributed by atoms with van der Waals surface area (Å²) >= 11 is 1.27. The molecular weight excluding hydrogens is 552 g/mol. The Bertz CT molecular complexity index is 1870. The van der Waals surface area contributed by atoms with E-state index in [0.717, 1.165) is 16.3 Å². The summed E-state index contributed by atoms with van der Waals surface area (Å²) < 4.78 is 25.0. The molecule has 2 heterocycles. The van der Waals surface area contributed by atoms with Crippen LogP contribution >= 0.6 is 11.3 Å². The van der Waals surface area contributed by atoms with Gasteiger partial charge in [0.1, 0.15) is 5.75 Å². The van der Waals surface area contributed by atoms with Gasteiger partial charge in [0.25, 0.3) is 5.56 Å². The lowest BCUT2D eigenvalue weighted by molar-refractivity contribution is -0.139. The molecule has 0 spiro atoms. The number of methoxy groups -OCH3 is 1. The summed E-state index contributed by atoms with van der Waals surface area (Å²) in [5.74, 6) is 1.24. The van der Waals surface area contributed by atoms with E-state index in [4.69, 9.17) is 23.9 Å². The molecule has 5 rings (SSSR count). The monoisotopic (exact) mass is 586 g/mol. The molecule has 42 heavy (non-hydrogen) atoms. The Labute approximate surface area is 248 Å². The molecule has 0 unspecified atom stereocenters. The van der Waals surface area contributed by atoms with Gasteiger partial charge in [0.05, 0.1) is 48.3 Å². The smallest absolute Gasteiger partial charge is 0.338 e. The minimum atomic E-state index is -0.775. The number of nitrogens with zero attached hydrogens (tertiary/aromatic N) is 2. The predicted octanol–water partition coefficient (Wildman–Crippen LogP) is 5.15. The van der Waals surface area contributed by atoms with Crippen LogP contribution in [0.15, 0.2) is 75.7 Å². The fourth-order valence-corrected chi connectivity index (χ4v) is 6.18. The molecule has 1 aliphatic heterocycles. The summed E-state index contributed by atoms with van der Waals surface area (Å²) in [6.07, 6.45) is 1.80. The van der Waals surface area contributed by atoms with Crippen molar-refractivity contribution < 1.29 is 23.7 Å². The van der Waals surface area contributed by atoms with E-state index in [1.165, 1.54) is 11.3 Å². The Morgan fingerprint density at radius 3 is 2.52 bits per heavy atom. The molecule has 0 saturated heterocycles. The molecule has 0 saturated carbocycles. The molecule has 3 aromatic carbocycles. The zero-order chi connectivity index (χ0) is 30.0. The van der Waals surface area contributed by atoms with Crippen molar-refractivity contribution in [1.29, 1.82) is 0 Å². The lowest BCUT2D eigenvalue weighted by Crippen LogP contribution is -2.40. The number of aromatic nitrogens is 1. The third-order valence-electron chi connectivity index (χ3n) is 6.89. The second-order valence-corrected chi connectivity index (χ2v) is 11.0. The first kappa shape index (κ1) is 29.1. The highest BCUT2D eigenvalue weighted by Crippen LogP contribution is 2.36. The molecule has 0 aliphatic carbocycles. The number of thiazole rings is 1. The van der Waals surface area contributed by atoms with Gasteiger partial charge >= 0.3 is 5.97 Å². The highest BCUT2D eigenvalue weighted by Gasteiger charge is 2.34. The van der Waals surface area contributed by atoms with Crippen molar-refractivity contribution in [2.75, 3.05) is 20.3 Å². The van der Waals surface area contributed by atoms with Crippen LogP contribution in [-0.4, -0.2) is 37.0 Å². The summed E-state index contributed by atoms with van der Waals surface area (Å²) in [5, 5.41) is 2.01. The highest BCUT2D eigenvalue weighted by atomic mass is 32.1. The molecule has 0 amide bonds. The Hall–Kier alpha value is -4.37. The van der Waals surface area contributed by atoms with Gasteiger partial charge in [0.15, 0.2) is 16.3 Å². The maximum atomic E-state index is 14.2. The molecule has 1 aromatic heterocycles. The molecular formula is C33H34N2O6S. The van der Waals surface area contributed by atoms with E-state index in [0.29, 0.717) is 50.0 Å². The first-order valence-electron chi connectivity index (χ1n) is 14.0. The maximum Gasteiger partial charge on any atom is 0.338 e. The molecule has 0 bridgehead atoms. The van der Waals surface area contributed by atoms with E-state index in [1.807, 2.05) is 69.3 Å². The predicted molar refractivity (Wildman–Crippen MR) is 164 cm³/mol. The van der Waals surface area contributed by atoms with Gasteiger partial charge in [-0.05, 0) is 75.2 Å². The Morgan fingerprint density at radius 2 is 1.81 bits per heavy atom. The standard InChI is InChI=1S/C33H34N2O6S/c1-7-39-25-15-13-21-11-9-10-12-23(21)24(25)18-28-31(36)35-30(22-14-16-26(41-19(3)4)27(17-22)38-6)29(32(37)40-8-2)20(5)34-33(35)42-28/h9-19,30H,7-8H2,1-6H3/b28-18-/t30-/m0/s1. The molecule has 4 aromatic rings. The van der Waals surface area contributed by atoms with E-state index in [9.17, 15) is 9.59 Å². The van der Waals surface area contributed by atoms with E-state index < -0.39 is 12.0 Å². The highest BCUT2D eigenvalue weighted by molar-refractivity contribution is 7.07. The van der Waals surface area contributed by atoms with Crippen LogP contribution in [-0.2, 0) is 9.53 Å². The zero-order valence-electron chi connectivity index (χ0n) is 24.6. The van der Waals surface area contributed by atoms with Crippen LogP contribution in [0.3, 0.4) is 0 Å². The minimum Gasteiger partial charge on any atom is -0.493 e. The maximum absolute atomic E-state index is 14.2.